The Balaban J connectivity index is 1.38. The number of thiophene rings is 1. The van der Waals surface area contributed by atoms with Gasteiger partial charge in [-0.1, -0.05) is 36.4 Å². The maximum absolute atomic E-state index is 12.2. The van der Waals surface area contributed by atoms with Gasteiger partial charge in [-0.2, -0.15) is 10.2 Å². The molecule has 0 aliphatic rings. The van der Waals surface area contributed by atoms with Crippen LogP contribution >= 0.6 is 11.3 Å². The summed E-state index contributed by atoms with van der Waals surface area (Å²) < 4.78 is 5.79. The molecule has 2 aromatic carbocycles. The van der Waals surface area contributed by atoms with Crippen LogP contribution in [0.3, 0.4) is 0 Å². The summed E-state index contributed by atoms with van der Waals surface area (Å²) in [6, 6.07) is 22.6. The summed E-state index contributed by atoms with van der Waals surface area (Å²) in [5.74, 6) is 1.06. The number of rotatable bonds is 6. The molecule has 28 heavy (non-hydrogen) atoms. The first-order valence-corrected chi connectivity index (χ1v) is 9.41. The SMILES string of the molecule is O=C(NN=Cc1cccc(Oc2ccccc2)c1)c1cc(-c2cccs2)[nH]n1. The molecule has 0 bridgehead atoms. The Kier molecular flexibility index (Phi) is 5.26. The van der Waals surface area contributed by atoms with Crippen molar-refractivity contribution in [3.05, 3.63) is 89.4 Å². The highest BCUT2D eigenvalue weighted by atomic mass is 32.1. The largest absolute Gasteiger partial charge is 0.457 e. The molecule has 1 amide bonds. The van der Waals surface area contributed by atoms with Crippen LogP contribution in [0.25, 0.3) is 10.6 Å². The van der Waals surface area contributed by atoms with Crippen molar-refractivity contribution >= 4 is 23.5 Å². The molecule has 6 nitrogen and oxygen atoms in total. The van der Waals surface area contributed by atoms with Crippen LogP contribution in [0.2, 0.25) is 0 Å². The molecule has 0 radical (unpaired) electrons. The van der Waals surface area contributed by atoms with Gasteiger partial charge in [0.25, 0.3) is 5.91 Å². The van der Waals surface area contributed by atoms with E-state index in [0.717, 1.165) is 21.9 Å². The molecule has 2 heterocycles. The van der Waals surface area contributed by atoms with E-state index in [4.69, 9.17) is 4.74 Å². The highest BCUT2D eigenvalue weighted by Gasteiger charge is 2.11. The van der Waals surface area contributed by atoms with E-state index in [-0.39, 0.29) is 11.6 Å². The quantitative estimate of drug-likeness (QED) is 0.371. The van der Waals surface area contributed by atoms with Gasteiger partial charge in [0, 0.05) is 0 Å². The predicted octanol–water partition coefficient (Wildman–Crippen LogP) is 4.69. The van der Waals surface area contributed by atoms with Gasteiger partial charge in [0.1, 0.15) is 11.5 Å². The third-order valence-corrected chi connectivity index (χ3v) is 4.72. The van der Waals surface area contributed by atoms with Crippen LogP contribution in [-0.4, -0.2) is 22.3 Å². The lowest BCUT2D eigenvalue weighted by Crippen LogP contribution is -2.17. The summed E-state index contributed by atoms with van der Waals surface area (Å²) in [7, 11) is 0. The van der Waals surface area contributed by atoms with Crippen molar-refractivity contribution in [2.75, 3.05) is 0 Å². The fourth-order valence-electron chi connectivity index (χ4n) is 2.50. The maximum Gasteiger partial charge on any atom is 0.291 e. The lowest BCUT2D eigenvalue weighted by Gasteiger charge is -2.05. The second-order valence-electron chi connectivity index (χ2n) is 5.83. The molecule has 4 aromatic rings. The van der Waals surface area contributed by atoms with E-state index >= 15 is 0 Å². The van der Waals surface area contributed by atoms with E-state index in [1.54, 1.807) is 23.6 Å². The van der Waals surface area contributed by atoms with Gasteiger partial charge in [-0.25, -0.2) is 5.43 Å². The number of hydrogen-bond donors (Lipinski definition) is 2. The first-order chi connectivity index (χ1) is 13.8. The van der Waals surface area contributed by atoms with Crippen molar-refractivity contribution in [2.24, 2.45) is 5.10 Å². The van der Waals surface area contributed by atoms with Crippen molar-refractivity contribution < 1.29 is 9.53 Å². The van der Waals surface area contributed by atoms with Gasteiger partial charge in [0.05, 0.1) is 16.8 Å². The number of nitrogens with zero attached hydrogens (tertiary/aromatic N) is 2. The monoisotopic (exact) mass is 388 g/mol. The Morgan fingerprint density at radius 3 is 2.71 bits per heavy atom. The number of hydrazone groups is 1. The van der Waals surface area contributed by atoms with E-state index in [2.05, 4.69) is 20.7 Å². The van der Waals surface area contributed by atoms with Crippen molar-refractivity contribution in [2.45, 2.75) is 0 Å². The summed E-state index contributed by atoms with van der Waals surface area (Å²) in [5, 5.41) is 12.9. The smallest absolute Gasteiger partial charge is 0.291 e. The average Bonchev–Trinajstić information content (AvgIpc) is 3.41. The number of aromatic amines is 1. The molecule has 0 spiro atoms. The number of benzene rings is 2. The first-order valence-electron chi connectivity index (χ1n) is 8.53. The molecule has 0 aliphatic carbocycles. The Bertz CT molecular complexity index is 1090. The number of ether oxygens (including phenoxy) is 1. The van der Waals surface area contributed by atoms with Crippen molar-refractivity contribution in [3.63, 3.8) is 0 Å². The number of nitrogens with one attached hydrogen (secondary N) is 2. The van der Waals surface area contributed by atoms with E-state index in [9.17, 15) is 4.79 Å². The number of amides is 1. The minimum Gasteiger partial charge on any atom is -0.457 e. The zero-order valence-corrected chi connectivity index (χ0v) is 15.5. The predicted molar refractivity (Wildman–Crippen MR) is 110 cm³/mol. The topological polar surface area (TPSA) is 79.4 Å². The minimum atomic E-state index is -0.382. The third-order valence-electron chi connectivity index (χ3n) is 3.81. The number of carbonyl (C=O) groups excluding carboxylic acids is 1. The van der Waals surface area contributed by atoms with Crippen molar-refractivity contribution in [3.8, 4) is 22.1 Å². The lowest BCUT2D eigenvalue weighted by atomic mass is 10.2. The minimum absolute atomic E-state index is 0.279. The van der Waals surface area contributed by atoms with Crippen LogP contribution in [0.5, 0.6) is 11.5 Å². The zero-order valence-electron chi connectivity index (χ0n) is 14.7. The molecule has 0 saturated carbocycles. The first kappa shape index (κ1) is 17.7. The normalized spacial score (nSPS) is 10.9. The highest BCUT2D eigenvalue weighted by molar-refractivity contribution is 7.13. The number of H-pyrrole nitrogens is 1. The molecule has 7 heteroatoms. The summed E-state index contributed by atoms with van der Waals surface area (Å²) >= 11 is 1.57. The zero-order chi connectivity index (χ0) is 19.2. The molecule has 2 N–H and O–H groups in total. The fourth-order valence-corrected chi connectivity index (χ4v) is 3.19. The number of aromatic nitrogens is 2. The number of hydrogen-bond acceptors (Lipinski definition) is 5. The Morgan fingerprint density at radius 1 is 1.04 bits per heavy atom. The lowest BCUT2D eigenvalue weighted by molar-refractivity contribution is 0.0950. The van der Waals surface area contributed by atoms with E-state index in [0.29, 0.717) is 5.75 Å². The molecule has 2 aromatic heterocycles. The fraction of sp³-hybridized carbons (Fsp3) is 0. The van der Waals surface area contributed by atoms with Gasteiger partial charge in [0.15, 0.2) is 5.69 Å². The van der Waals surface area contributed by atoms with E-state index in [1.165, 1.54) is 0 Å². The highest BCUT2D eigenvalue weighted by Crippen LogP contribution is 2.23. The second-order valence-corrected chi connectivity index (χ2v) is 6.78. The summed E-state index contributed by atoms with van der Waals surface area (Å²) in [5.41, 5.74) is 4.37. The van der Waals surface area contributed by atoms with Gasteiger partial charge in [-0.15, -0.1) is 11.3 Å². The van der Waals surface area contributed by atoms with Gasteiger partial charge in [0.2, 0.25) is 0 Å². The average molecular weight is 388 g/mol. The number of carbonyl (C=O) groups is 1. The van der Waals surface area contributed by atoms with Gasteiger partial charge in [-0.3, -0.25) is 9.89 Å². The van der Waals surface area contributed by atoms with E-state index < -0.39 is 0 Å². The van der Waals surface area contributed by atoms with Crippen LogP contribution in [-0.2, 0) is 0 Å². The molecule has 138 valence electrons. The Morgan fingerprint density at radius 2 is 1.89 bits per heavy atom. The molecular weight excluding hydrogens is 372 g/mol. The third kappa shape index (κ3) is 4.33. The summed E-state index contributed by atoms with van der Waals surface area (Å²) in [6.07, 6.45) is 1.56. The van der Waals surface area contributed by atoms with Crippen LogP contribution in [0.4, 0.5) is 0 Å². The summed E-state index contributed by atoms with van der Waals surface area (Å²) in [6.45, 7) is 0. The van der Waals surface area contributed by atoms with E-state index in [1.807, 2.05) is 72.1 Å². The Hall–Kier alpha value is -3.71. The molecule has 4 rings (SSSR count). The van der Waals surface area contributed by atoms with Crippen LogP contribution < -0.4 is 10.2 Å². The van der Waals surface area contributed by atoms with Gasteiger partial charge < -0.3 is 4.74 Å². The van der Waals surface area contributed by atoms with Gasteiger partial charge >= 0.3 is 0 Å². The van der Waals surface area contributed by atoms with Crippen LogP contribution in [0.15, 0.2) is 83.3 Å². The van der Waals surface area contributed by atoms with Crippen LogP contribution in [0.1, 0.15) is 16.1 Å². The van der Waals surface area contributed by atoms with Crippen molar-refractivity contribution in [1.29, 1.82) is 0 Å². The molecule has 0 fully saturated rings. The van der Waals surface area contributed by atoms with Crippen molar-refractivity contribution in [1.82, 2.24) is 15.6 Å². The standard InChI is InChI=1S/C21H16N4O2S/c26-21(19-13-18(23-24-19)20-10-5-11-28-20)25-22-14-15-6-4-9-17(12-15)27-16-7-2-1-3-8-16/h1-14H,(H,23,24)(H,25,26). The summed E-state index contributed by atoms with van der Waals surface area (Å²) in [4.78, 5) is 13.2. The van der Waals surface area contributed by atoms with Gasteiger partial charge in [-0.05, 0) is 47.3 Å². The second kappa shape index (κ2) is 8.32. The van der Waals surface area contributed by atoms with Crippen LogP contribution in [0, 0.1) is 0 Å². The number of para-hydroxylation sites is 1. The molecular formula is C21H16N4O2S. The molecule has 0 atom stereocenters. The maximum atomic E-state index is 12.2. The molecule has 0 unspecified atom stereocenters. The molecule has 0 saturated heterocycles. The Labute approximate surface area is 165 Å². The molecule has 0 aliphatic heterocycles.